The molecule has 0 amide bonds. The maximum atomic E-state index is 12.8. The summed E-state index contributed by atoms with van der Waals surface area (Å²) in [7, 11) is 2.99. The number of rotatable bonds is 5. The summed E-state index contributed by atoms with van der Waals surface area (Å²) in [5.74, 6) is -0.526. The van der Waals surface area contributed by atoms with E-state index in [4.69, 9.17) is 23.7 Å². The van der Waals surface area contributed by atoms with Crippen LogP contribution in [0.3, 0.4) is 0 Å². The summed E-state index contributed by atoms with van der Waals surface area (Å²) >= 11 is 0. The van der Waals surface area contributed by atoms with Crippen molar-refractivity contribution in [3.8, 4) is 40.2 Å². The molecule has 0 saturated heterocycles. The normalized spacial score (nSPS) is 22.5. The molecule has 188 valence electrons. The fourth-order valence-electron chi connectivity index (χ4n) is 4.43. The van der Waals surface area contributed by atoms with Gasteiger partial charge in [-0.2, -0.15) is 0 Å². The molecule has 5 rings (SSSR count). The zero-order valence-electron chi connectivity index (χ0n) is 19.4. The van der Waals surface area contributed by atoms with Crippen LogP contribution in [0.2, 0.25) is 0 Å². The number of aromatic hydroxyl groups is 3. The molecule has 2 aliphatic rings. The Hall–Kier alpha value is -4.15. The average molecular weight is 496 g/mol. The van der Waals surface area contributed by atoms with Gasteiger partial charge in [-0.05, 0) is 29.8 Å². The number of ether oxygens (including phenoxy) is 5. The Labute approximate surface area is 205 Å². The number of phenolic OH excluding ortho intramolecular Hbond substituents is 3. The first-order valence-corrected chi connectivity index (χ1v) is 11.1. The van der Waals surface area contributed by atoms with E-state index in [1.54, 1.807) is 37.4 Å². The number of fused-ring (bicyclic) bond motifs is 2. The minimum absolute atomic E-state index is 0.0191. The van der Waals surface area contributed by atoms with Crippen molar-refractivity contribution < 1.29 is 48.9 Å². The van der Waals surface area contributed by atoms with Gasteiger partial charge in [0.2, 0.25) is 5.78 Å². The third kappa shape index (κ3) is 4.00. The molecule has 0 spiro atoms. The largest absolute Gasteiger partial charge is 0.508 e. The summed E-state index contributed by atoms with van der Waals surface area (Å²) in [6.07, 6.45) is -3.87. The van der Waals surface area contributed by atoms with Gasteiger partial charge in [-0.1, -0.05) is 12.1 Å². The van der Waals surface area contributed by atoms with Gasteiger partial charge >= 0.3 is 0 Å². The highest BCUT2D eigenvalue weighted by molar-refractivity contribution is 6.05. The van der Waals surface area contributed by atoms with E-state index in [2.05, 4.69) is 0 Å². The molecule has 4 atom stereocenters. The molecule has 0 fully saturated rings. The van der Waals surface area contributed by atoms with Crippen molar-refractivity contribution in [2.24, 2.45) is 0 Å². The SMILES string of the molecule is COC[C@@H]1Oc2ccc([C@@H]3Oc4cc(O)cc(O)c4C(=O)[C@H]3O)cc2OC1c1ccc(O)c(OC)c1. The van der Waals surface area contributed by atoms with Gasteiger partial charge in [0.1, 0.15) is 22.8 Å². The topological polar surface area (TPSA) is 144 Å². The molecule has 0 saturated carbocycles. The van der Waals surface area contributed by atoms with Crippen LogP contribution < -0.4 is 18.9 Å². The molecule has 3 aromatic rings. The highest BCUT2D eigenvalue weighted by atomic mass is 16.6. The number of benzene rings is 3. The number of hydrogen-bond acceptors (Lipinski definition) is 10. The van der Waals surface area contributed by atoms with Crippen LogP contribution in [0.1, 0.15) is 33.7 Å². The fraction of sp³-hybridized carbons (Fsp3) is 0.269. The second kappa shape index (κ2) is 9.14. The van der Waals surface area contributed by atoms with Crippen molar-refractivity contribution in [1.29, 1.82) is 0 Å². The molecule has 10 nitrogen and oxygen atoms in total. The minimum atomic E-state index is -1.60. The predicted molar refractivity (Wildman–Crippen MR) is 124 cm³/mol. The van der Waals surface area contributed by atoms with Crippen molar-refractivity contribution in [2.75, 3.05) is 20.8 Å². The number of aliphatic hydroxyl groups is 1. The molecule has 0 bridgehead atoms. The van der Waals surface area contributed by atoms with Gasteiger partial charge in [-0.15, -0.1) is 0 Å². The predicted octanol–water partition coefficient (Wildman–Crippen LogP) is 3.02. The van der Waals surface area contributed by atoms with Gasteiger partial charge in [-0.3, -0.25) is 4.79 Å². The number of methoxy groups -OCH3 is 2. The van der Waals surface area contributed by atoms with Crippen molar-refractivity contribution in [2.45, 2.75) is 24.4 Å². The lowest BCUT2D eigenvalue weighted by molar-refractivity contribution is -0.0244. The first-order valence-electron chi connectivity index (χ1n) is 11.1. The third-order valence-corrected chi connectivity index (χ3v) is 6.15. The smallest absolute Gasteiger partial charge is 0.202 e. The molecule has 2 heterocycles. The fourth-order valence-corrected chi connectivity index (χ4v) is 4.43. The van der Waals surface area contributed by atoms with Gasteiger partial charge in [0, 0.05) is 24.8 Å². The zero-order valence-corrected chi connectivity index (χ0v) is 19.4. The lowest BCUT2D eigenvalue weighted by atomic mass is 9.92. The maximum Gasteiger partial charge on any atom is 0.202 e. The average Bonchev–Trinajstić information content (AvgIpc) is 2.85. The van der Waals surface area contributed by atoms with Gasteiger partial charge in [-0.25, -0.2) is 0 Å². The summed E-state index contributed by atoms with van der Waals surface area (Å²) < 4.78 is 28.8. The van der Waals surface area contributed by atoms with E-state index < -0.39 is 35.9 Å². The molecule has 0 aliphatic carbocycles. The monoisotopic (exact) mass is 496 g/mol. The number of Topliss-reactive ketones (excluding diaryl/α,β-unsaturated/α-hetero) is 1. The molecular weight excluding hydrogens is 472 g/mol. The van der Waals surface area contributed by atoms with Crippen LogP contribution in [-0.4, -0.2) is 59.2 Å². The lowest BCUT2D eigenvalue weighted by Gasteiger charge is -2.35. The van der Waals surface area contributed by atoms with E-state index >= 15 is 0 Å². The molecule has 4 N–H and O–H groups in total. The number of carbonyl (C=O) groups excluding carboxylic acids is 1. The van der Waals surface area contributed by atoms with Crippen molar-refractivity contribution in [3.05, 3.63) is 65.2 Å². The lowest BCUT2D eigenvalue weighted by Crippen LogP contribution is -2.37. The number of hydrogen-bond donors (Lipinski definition) is 4. The third-order valence-electron chi connectivity index (χ3n) is 6.15. The molecule has 0 radical (unpaired) electrons. The Balaban J connectivity index is 1.50. The van der Waals surface area contributed by atoms with Crippen molar-refractivity contribution in [1.82, 2.24) is 0 Å². The van der Waals surface area contributed by atoms with Crippen LogP contribution in [-0.2, 0) is 4.74 Å². The molecular formula is C26H24O10. The quantitative estimate of drug-likeness (QED) is 0.416. The Kier molecular flexibility index (Phi) is 5.99. The van der Waals surface area contributed by atoms with Crippen LogP contribution in [0, 0.1) is 0 Å². The second-order valence-corrected chi connectivity index (χ2v) is 8.47. The first-order chi connectivity index (χ1) is 17.3. The summed E-state index contributed by atoms with van der Waals surface area (Å²) in [6.45, 7) is 0.220. The van der Waals surface area contributed by atoms with E-state index in [0.29, 0.717) is 22.6 Å². The standard InChI is InChI=1S/C26H24O10/c1-32-11-21-25(12-3-5-15(28)18(7-12)33-2)35-19-8-13(4-6-17(19)34-21)26-24(31)23(30)22-16(29)9-14(27)10-20(22)36-26/h3-10,21,24-29,31H,11H2,1-2H3/t21-,24+,25?,26-/m0/s1. The van der Waals surface area contributed by atoms with Crippen LogP contribution in [0.5, 0.6) is 40.2 Å². The van der Waals surface area contributed by atoms with Crippen molar-refractivity contribution in [3.63, 3.8) is 0 Å². The molecule has 2 aliphatic heterocycles. The summed E-state index contributed by atoms with van der Waals surface area (Å²) in [6, 6.07) is 11.9. The van der Waals surface area contributed by atoms with E-state index in [-0.39, 0.29) is 35.2 Å². The molecule has 3 aromatic carbocycles. The molecule has 0 aromatic heterocycles. The van der Waals surface area contributed by atoms with E-state index in [9.17, 15) is 25.2 Å². The van der Waals surface area contributed by atoms with Crippen molar-refractivity contribution >= 4 is 5.78 Å². The van der Waals surface area contributed by atoms with E-state index in [1.807, 2.05) is 0 Å². The second-order valence-electron chi connectivity index (χ2n) is 8.47. The van der Waals surface area contributed by atoms with E-state index in [0.717, 1.165) is 6.07 Å². The number of ketones is 1. The Morgan fingerprint density at radius 2 is 1.53 bits per heavy atom. The Bertz CT molecular complexity index is 1320. The number of aliphatic hydroxyl groups excluding tert-OH is 1. The highest BCUT2D eigenvalue weighted by Crippen LogP contribution is 2.46. The van der Waals surface area contributed by atoms with Crippen LogP contribution in [0.15, 0.2) is 48.5 Å². The van der Waals surface area contributed by atoms with Crippen LogP contribution >= 0.6 is 0 Å². The minimum Gasteiger partial charge on any atom is -0.508 e. The zero-order chi connectivity index (χ0) is 25.6. The number of carbonyl (C=O) groups is 1. The highest BCUT2D eigenvalue weighted by Gasteiger charge is 2.40. The van der Waals surface area contributed by atoms with Gasteiger partial charge in [0.05, 0.1) is 13.7 Å². The van der Waals surface area contributed by atoms with Crippen LogP contribution in [0.25, 0.3) is 0 Å². The van der Waals surface area contributed by atoms with Gasteiger partial charge in [0.15, 0.2) is 47.4 Å². The Morgan fingerprint density at radius 3 is 2.28 bits per heavy atom. The van der Waals surface area contributed by atoms with Crippen LogP contribution in [0.4, 0.5) is 0 Å². The maximum absolute atomic E-state index is 12.8. The number of phenols is 3. The summed E-state index contributed by atoms with van der Waals surface area (Å²) in [5, 5.41) is 40.5. The molecule has 1 unspecified atom stereocenters. The van der Waals surface area contributed by atoms with E-state index in [1.165, 1.54) is 19.2 Å². The molecule has 10 heteroatoms. The Morgan fingerprint density at radius 1 is 0.806 bits per heavy atom. The summed E-state index contributed by atoms with van der Waals surface area (Å²) in [4.78, 5) is 12.8. The summed E-state index contributed by atoms with van der Waals surface area (Å²) in [5.41, 5.74) is 0.892. The van der Waals surface area contributed by atoms with Gasteiger partial charge < -0.3 is 44.1 Å². The first kappa shape index (κ1) is 23.6. The van der Waals surface area contributed by atoms with Gasteiger partial charge in [0.25, 0.3) is 0 Å². The molecule has 36 heavy (non-hydrogen) atoms.